The van der Waals surface area contributed by atoms with E-state index >= 15 is 0 Å². The van der Waals surface area contributed by atoms with Gasteiger partial charge in [0.1, 0.15) is 0 Å². The van der Waals surface area contributed by atoms with E-state index in [9.17, 15) is 31.5 Å². The van der Waals surface area contributed by atoms with E-state index in [4.69, 9.17) is 0 Å². The zero-order chi connectivity index (χ0) is 19.8. The quantitative estimate of drug-likeness (QED) is 0.829. The van der Waals surface area contributed by atoms with Gasteiger partial charge in [-0.3, -0.25) is 4.79 Å². The van der Waals surface area contributed by atoms with Crippen molar-refractivity contribution in [3.8, 4) is 0 Å². The number of piperidine rings is 1. The second kappa shape index (κ2) is 7.40. The maximum Gasteiger partial charge on any atom is 0.471 e. The SMILES string of the molecule is O=C(N1CCc2ccc(S(=O)(=O)N3CCCCC3CO)cc2C1)C(F)(F)F. The van der Waals surface area contributed by atoms with E-state index in [-0.39, 0.29) is 31.0 Å². The van der Waals surface area contributed by atoms with Gasteiger partial charge in [-0.05, 0) is 42.5 Å². The van der Waals surface area contributed by atoms with Crippen molar-refractivity contribution < 1.29 is 31.5 Å². The Morgan fingerprint density at radius 1 is 1.19 bits per heavy atom. The number of aliphatic hydroxyl groups is 1. The Hall–Kier alpha value is -1.65. The molecule has 1 amide bonds. The highest BCUT2D eigenvalue weighted by atomic mass is 32.2. The number of carbonyl (C=O) groups excluding carboxylic acids is 1. The Morgan fingerprint density at radius 2 is 1.93 bits per heavy atom. The maximum atomic E-state index is 13.0. The standard InChI is InChI=1S/C17H21F3N2O4S/c18-17(19,20)16(24)21-8-6-12-4-5-15(9-13(12)10-21)27(25,26)22-7-2-1-3-14(22)11-23/h4-5,9,14,23H,1-3,6-8,10-11H2. The summed E-state index contributed by atoms with van der Waals surface area (Å²) in [5, 5.41) is 9.48. The lowest BCUT2D eigenvalue weighted by molar-refractivity contribution is -0.186. The van der Waals surface area contributed by atoms with Crippen LogP contribution in [0.2, 0.25) is 0 Å². The number of amides is 1. The molecule has 0 saturated carbocycles. The van der Waals surface area contributed by atoms with Gasteiger partial charge in [0.25, 0.3) is 0 Å². The van der Waals surface area contributed by atoms with Gasteiger partial charge in [-0.25, -0.2) is 8.42 Å². The predicted molar refractivity (Wildman–Crippen MR) is 90.2 cm³/mol. The van der Waals surface area contributed by atoms with Crippen LogP contribution in [-0.4, -0.2) is 60.6 Å². The molecule has 1 aromatic carbocycles. The van der Waals surface area contributed by atoms with Gasteiger partial charge < -0.3 is 10.0 Å². The predicted octanol–water partition coefficient (Wildman–Crippen LogP) is 1.67. The van der Waals surface area contributed by atoms with Gasteiger partial charge in [0.05, 0.1) is 11.5 Å². The van der Waals surface area contributed by atoms with E-state index in [0.29, 0.717) is 29.8 Å². The fraction of sp³-hybridized carbons (Fsp3) is 0.588. The highest BCUT2D eigenvalue weighted by Crippen LogP contribution is 2.29. The first-order chi connectivity index (χ1) is 12.6. The normalized spacial score (nSPS) is 21.8. The summed E-state index contributed by atoms with van der Waals surface area (Å²) in [6, 6.07) is 3.89. The molecule has 27 heavy (non-hydrogen) atoms. The van der Waals surface area contributed by atoms with Crippen LogP contribution in [0.25, 0.3) is 0 Å². The van der Waals surface area contributed by atoms with Crippen LogP contribution in [0.5, 0.6) is 0 Å². The molecule has 1 unspecified atom stereocenters. The van der Waals surface area contributed by atoms with Crippen molar-refractivity contribution in [1.29, 1.82) is 0 Å². The van der Waals surface area contributed by atoms with Gasteiger partial charge in [0.15, 0.2) is 0 Å². The minimum atomic E-state index is -4.96. The number of sulfonamides is 1. The summed E-state index contributed by atoms with van der Waals surface area (Å²) in [4.78, 5) is 12.2. The second-order valence-electron chi connectivity index (χ2n) is 6.85. The highest BCUT2D eigenvalue weighted by Gasteiger charge is 2.43. The number of hydrogen-bond donors (Lipinski definition) is 1. The summed E-state index contributed by atoms with van der Waals surface area (Å²) in [5.74, 6) is -1.92. The van der Waals surface area contributed by atoms with Crippen LogP contribution in [0.3, 0.4) is 0 Å². The summed E-state index contributed by atoms with van der Waals surface area (Å²) in [6.07, 6.45) is -2.64. The molecule has 0 radical (unpaired) electrons. The maximum absolute atomic E-state index is 13.0. The molecule has 0 bridgehead atoms. The van der Waals surface area contributed by atoms with E-state index in [1.54, 1.807) is 6.07 Å². The first kappa shape index (κ1) is 20.1. The molecule has 1 saturated heterocycles. The molecule has 2 aliphatic rings. The van der Waals surface area contributed by atoms with Crippen LogP contribution in [0, 0.1) is 0 Å². The Balaban J connectivity index is 1.88. The molecule has 1 fully saturated rings. The van der Waals surface area contributed by atoms with E-state index in [2.05, 4.69) is 0 Å². The number of hydrogen-bond acceptors (Lipinski definition) is 4. The van der Waals surface area contributed by atoms with Crippen LogP contribution in [0.15, 0.2) is 23.1 Å². The fourth-order valence-corrected chi connectivity index (χ4v) is 5.39. The third-order valence-corrected chi connectivity index (χ3v) is 7.06. The third-order valence-electron chi connectivity index (χ3n) is 5.11. The summed E-state index contributed by atoms with van der Waals surface area (Å²) in [6.45, 7) is -0.321. The number of fused-ring (bicyclic) bond motifs is 1. The van der Waals surface area contributed by atoms with Gasteiger partial charge in [0, 0.05) is 25.7 Å². The fourth-order valence-electron chi connectivity index (χ4n) is 3.65. The molecule has 150 valence electrons. The van der Waals surface area contributed by atoms with Crippen molar-refractivity contribution in [3.63, 3.8) is 0 Å². The summed E-state index contributed by atoms with van der Waals surface area (Å²) in [7, 11) is -3.88. The first-order valence-corrected chi connectivity index (χ1v) is 10.2. The van der Waals surface area contributed by atoms with Crippen molar-refractivity contribution in [3.05, 3.63) is 29.3 Å². The number of halogens is 3. The molecule has 2 heterocycles. The van der Waals surface area contributed by atoms with E-state index in [1.165, 1.54) is 16.4 Å². The van der Waals surface area contributed by atoms with Crippen LogP contribution < -0.4 is 0 Å². The first-order valence-electron chi connectivity index (χ1n) is 8.75. The minimum absolute atomic E-state index is 0.0251. The molecule has 1 aromatic rings. The molecule has 1 N–H and O–H groups in total. The molecule has 10 heteroatoms. The van der Waals surface area contributed by atoms with Gasteiger partial charge in [0.2, 0.25) is 10.0 Å². The Kier molecular flexibility index (Phi) is 5.51. The average molecular weight is 406 g/mol. The lowest BCUT2D eigenvalue weighted by atomic mass is 10.00. The summed E-state index contributed by atoms with van der Waals surface area (Å²) < 4.78 is 65.3. The van der Waals surface area contributed by atoms with Gasteiger partial charge in [-0.2, -0.15) is 17.5 Å². The molecular weight excluding hydrogens is 385 g/mol. The molecule has 0 aromatic heterocycles. The second-order valence-corrected chi connectivity index (χ2v) is 8.74. The van der Waals surface area contributed by atoms with Gasteiger partial charge in [-0.1, -0.05) is 12.5 Å². The minimum Gasteiger partial charge on any atom is -0.395 e. The molecule has 0 spiro atoms. The zero-order valence-electron chi connectivity index (χ0n) is 14.6. The van der Waals surface area contributed by atoms with Crippen LogP contribution in [-0.2, 0) is 27.8 Å². The van der Waals surface area contributed by atoms with Crippen molar-refractivity contribution in [2.45, 2.75) is 49.3 Å². The molecule has 1 atom stereocenters. The summed E-state index contributed by atoms with van der Waals surface area (Å²) in [5.41, 5.74) is 1.13. The molecule has 0 aliphatic carbocycles. The molecule has 3 rings (SSSR count). The molecule has 6 nitrogen and oxygen atoms in total. The summed E-state index contributed by atoms with van der Waals surface area (Å²) >= 11 is 0. The number of carbonyl (C=O) groups is 1. The molecular formula is C17H21F3N2O4S. The van der Waals surface area contributed by atoms with Crippen molar-refractivity contribution in [1.82, 2.24) is 9.21 Å². The molecule has 2 aliphatic heterocycles. The Labute approximate surface area is 155 Å². The Bertz CT molecular complexity index is 826. The smallest absolute Gasteiger partial charge is 0.395 e. The lowest BCUT2D eigenvalue weighted by Gasteiger charge is -2.34. The van der Waals surface area contributed by atoms with Crippen LogP contribution >= 0.6 is 0 Å². The lowest BCUT2D eigenvalue weighted by Crippen LogP contribution is -2.45. The van der Waals surface area contributed by atoms with Gasteiger partial charge in [-0.15, -0.1) is 0 Å². The monoisotopic (exact) mass is 406 g/mol. The van der Waals surface area contributed by atoms with Crippen LogP contribution in [0.4, 0.5) is 13.2 Å². The van der Waals surface area contributed by atoms with Crippen molar-refractivity contribution in [2.75, 3.05) is 19.7 Å². The third kappa shape index (κ3) is 3.97. The topological polar surface area (TPSA) is 77.9 Å². The average Bonchev–Trinajstić information content (AvgIpc) is 2.65. The van der Waals surface area contributed by atoms with E-state index < -0.39 is 28.1 Å². The van der Waals surface area contributed by atoms with Crippen LogP contribution in [0.1, 0.15) is 30.4 Å². The van der Waals surface area contributed by atoms with Gasteiger partial charge >= 0.3 is 12.1 Å². The van der Waals surface area contributed by atoms with Crippen molar-refractivity contribution in [2.24, 2.45) is 0 Å². The van der Waals surface area contributed by atoms with E-state index in [0.717, 1.165) is 12.0 Å². The number of alkyl halides is 3. The largest absolute Gasteiger partial charge is 0.471 e. The van der Waals surface area contributed by atoms with E-state index in [1.807, 2.05) is 0 Å². The number of benzene rings is 1. The zero-order valence-corrected chi connectivity index (χ0v) is 15.4. The number of nitrogens with zero attached hydrogens (tertiary/aromatic N) is 2. The van der Waals surface area contributed by atoms with Crippen molar-refractivity contribution >= 4 is 15.9 Å². The Morgan fingerprint density at radius 3 is 2.59 bits per heavy atom. The highest BCUT2D eigenvalue weighted by molar-refractivity contribution is 7.89. The number of aliphatic hydroxyl groups excluding tert-OH is 1. The number of rotatable bonds is 3.